The molecule has 2 aromatic rings. The molecule has 2 aromatic carbocycles. The van der Waals surface area contributed by atoms with E-state index in [0.717, 1.165) is 44.1 Å². The maximum Gasteiger partial charge on any atom is 0.420 e. The maximum absolute atomic E-state index is 14.2. The largest absolute Gasteiger partial charge is 0.490 e. The molecule has 2 unspecified atom stereocenters. The van der Waals surface area contributed by atoms with Crippen LogP contribution in [0.1, 0.15) is 76.8 Å². The molecule has 2 N–H and O–H groups in total. The van der Waals surface area contributed by atoms with Crippen LogP contribution in [-0.2, 0) is 16.5 Å². The molecule has 3 saturated carbocycles. The van der Waals surface area contributed by atoms with Crippen molar-refractivity contribution >= 4 is 16.7 Å². The Bertz CT molecular complexity index is 1130. The molecule has 7 heteroatoms. The Kier molecular flexibility index (Phi) is 5.86. The van der Waals surface area contributed by atoms with Gasteiger partial charge in [0.25, 0.3) is 0 Å². The first-order valence-corrected chi connectivity index (χ1v) is 12.7. The number of alkyl halides is 3. The molecule has 190 valence electrons. The van der Waals surface area contributed by atoms with Gasteiger partial charge >= 0.3 is 12.1 Å². The number of halogens is 3. The topological polar surface area (TPSA) is 58.6 Å². The summed E-state index contributed by atoms with van der Waals surface area (Å²) >= 11 is 0. The lowest BCUT2D eigenvalue weighted by Gasteiger charge is -2.51. The lowest BCUT2D eigenvalue weighted by atomic mass is 9.58. The molecule has 3 fully saturated rings. The molecule has 3 aliphatic rings. The highest BCUT2D eigenvalue weighted by atomic mass is 19.4. The van der Waals surface area contributed by atoms with E-state index in [9.17, 15) is 23.1 Å². The van der Waals surface area contributed by atoms with E-state index in [1.807, 2.05) is 19.9 Å². The molecule has 0 saturated heterocycles. The minimum atomic E-state index is -4.52. The zero-order valence-electron chi connectivity index (χ0n) is 20.5. The van der Waals surface area contributed by atoms with Gasteiger partial charge in [-0.3, -0.25) is 4.79 Å². The molecule has 2 atom stereocenters. The number of aliphatic carboxylic acids is 1. The average Bonchev–Trinajstić information content (AvgIpc) is 3.57. The normalized spacial score (nSPS) is 29.4. The number of nitrogens with one attached hydrogen (secondary N) is 1. The number of fused-ring (bicyclic) bond motifs is 1. The fourth-order valence-corrected chi connectivity index (χ4v) is 6.09. The molecule has 0 radical (unpaired) electrons. The Hall–Kier alpha value is -2.28. The van der Waals surface area contributed by atoms with Gasteiger partial charge in [-0.2, -0.15) is 13.2 Å². The third kappa shape index (κ3) is 4.41. The van der Waals surface area contributed by atoms with Crippen LogP contribution in [-0.4, -0.2) is 23.2 Å². The van der Waals surface area contributed by atoms with E-state index in [4.69, 9.17) is 4.74 Å². The van der Waals surface area contributed by atoms with Crippen LogP contribution in [0.2, 0.25) is 0 Å². The number of benzene rings is 2. The quantitative estimate of drug-likeness (QED) is 0.464. The van der Waals surface area contributed by atoms with Gasteiger partial charge in [0.1, 0.15) is 11.3 Å². The number of hydrogen-bond acceptors (Lipinski definition) is 3. The molecular weight excluding hydrogens is 455 g/mol. The lowest BCUT2D eigenvalue weighted by molar-refractivity contribution is -0.155. The van der Waals surface area contributed by atoms with Gasteiger partial charge in [-0.1, -0.05) is 39.0 Å². The van der Waals surface area contributed by atoms with Crippen LogP contribution in [0.3, 0.4) is 0 Å². The highest BCUT2D eigenvalue weighted by Crippen LogP contribution is 2.53. The lowest BCUT2D eigenvalue weighted by Crippen LogP contribution is -2.61. The second-order valence-corrected chi connectivity index (χ2v) is 11.6. The molecule has 0 aromatic heterocycles. The van der Waals surface area contributed by atoms with E-state index in [1.165, 1.54) is 6.07 Å². The van der Waals surface area contributed by atoms with Gasteiger partial charge in [0, 0.05) is 11.6 Å². The number of hydrogen-bond donors (Lipinski definition) is 2. The van der Waals surface area contributed by atoms with Crippen molar-refractivity contribution in [1.82, 2.24) is 5.32 Å². The number of carbonyl (C=O) groups is 1. The number of carboxylic acid groups (broad SMARTS) is 1. The van der Waals surface area contributed by atoms with Gasteiger partial charge < -0.3 is 15.2 Å². The van der Waals surface area contributed by atoms with E-state index in [1.54, 1.807) is 18.2 Å². The molecule has 3 aliphatic carbocycles. The second-order valence-electron chi connectivity index (χ2n) is 11.6. The smallest absolute Gasteiger partial charge is 0.420 e. The SMILES string of the molecule is CC1CCC(Oc2ccc3cc(C4(NC5CC(C(=O)O)C5(C)C)CC4)ccc3c2C(F)(F)F)CC1. The number of carboxylic acids is 1. The summed E-state index contributed by atoms with van der Waals surface area (Å²) in [6.45, 7) is 6.10. The van der Waals surface area contributed by atoms with Crippen molar-refractivity contribution in [3.05, 3.63) is 41.5 Å². The highest BCUT2D eigenvalue weighted by Gasteiger charge is 2.56. The zero-order valence-corrected chi connectivity index (χ0v) is 20.5. The zero-order chi connectivity index (χ0) is 25.2. The van der Waals surface area contributed by atoms with E-state index < -0.39 is 17.7 Å². The van der Waals surface area contributed by atoms with Crippen LogP contribution in [0.25, 0.3) is 10.8 Å². The van der Waals surface area contributed by atoms with Crippen LogP contribution >= 0.6 is 0 Å². The predicted molar refractivity (Wildman–Crippen MR) is 128 cm³/mol. The summed E-state index contributed by atoms with van der Waals surface area (Å²) in [6, 6.07) is 8.50. The van der Waals surface area contributed by atoms with Crippen LogP contribution in [0.5, 0.6) is 5.75 Å². The molecule has 5 rings (SSSR count). The first-order chi connectivity index (χ1) is 16.4. The molecule has 0 amide bonds. The Morgan fingerprint density at radius 1 is 1.09 bits per heavy atom. The van der Waals surface area contributed by atoms with Crippen molar-refractivity contribution in [3.63, 3.8) is 0 Å². The third-order valence-corrected chi connectivity index (χ3v) is 8.84. The maximum atomic E-state index is 14.2. The molecule has 0 spiro atoms. The van der Waals surface area contributed by atoms with Crippen molar-refractivity contribution in [3.8, 4) is 5.75 Å². The summed E-state index contributed by atoms with van der Waals surface area (Å²) in [5.41, 5.74) is -0.401. The molecule has 35 heavy (non-hydrogen) atoms. The molecule has 4 nitrogen and oxygen atoms in total. The van der Waals surface area contributed by atoms with E-state index in [2.05, 4.69) is 12.2 Å². The van der Waals surface area contributed by atoms with Crippen LogP contribution in [0, 0.1) is 17.3 Å². The molecule has 0 aliphatic heterocycles. The van der Waals surface area contributed by atoms with Gasteiger partial charge in [0.2, 0.25) is 0 Å². The van der Waals surface area contributed by atoms with E-state index in [-0.39, 0.29) is 40.2 Å². The van der Waals surface area contributed by atoms with Crippen LogP contribution < -0.4 is 10.1 Å². The van der Waals surface area contributed by atoms with Gasteiger partial charge in [-0.25, -0.2) is 0 Å². The summed E-state index contributed by atoms with van der Waals surface area (Å²) in [6.07, 6.45) is 1.15. The third-order valence-electron chi connectivity index (χ3n) is 8.84. The van der Waals surface area contributed by atoms with Gasteiger partial charge in [0.05, 0.1) is 12.0 Å². The van der Waals surface area contributed by atoms with Crippen molar-refractivity contribution in [1.29, 1.82) is 0 Å². The average molecular weight is 490 g/mol. The Labute approximate surface area is 204 Å². The minimum Gasteiger partial charge on any atom is -0.490 e. The first-order valence-electron chi connectivity index (χ1n) is 12.7. The molecule has 0 bridgehead atoms. The second kappa shape index (κ2) is 8.39. The van der Waals surface area contributed by atoms with E-state index in [0.29, 0.717) is 17.7 Å². The highest BCUT2D eigenvalue weighted by molar-refractivity contribution is 5.89. The molecule has 0 heterocycles. The fraction of sp³-hybridized carbons (Fsp3) is 0.607. The summed E-state index contributed by atoms with van der Waals surface area (Å²) in [5, 5.41) is 13.8. The van der Waals surface area contributed by atoms with Gasteiger partial charge in [0.15, 0.2) is 0 Å². The predicted octanol–water partition coefficient (Wildman–Crippen LogP) is 6.89. The Morgan fingerprint density at radius 2 is 1.77 bits per heavy atom. The van der Waals surface area contributed by atoms with Crippen molar-refractivity contribution in [2.75, 3.05) is 0 Å². The summed E-state index contributed by atoms with van der Waals surface area (Å²) in [7, 11) is 0. The first kappa shape index (κ1) is 24.4. The van der Waals surface area contributed by atoms with Crippen LogP contribution in [0.15, 0.2) is 30.3 Å². The van der Waals surface area contributed by atoms with E-state index >= 15 is 0 Å². The number of rotatable bonds is 6. The molecular formula is C28H34F3NO3. The van der Waals surface area contributed by atoms with Crippen molar-refractivity contribution in [2.45, 2.75) is 89.6 Å². The van der Waals surface area contributed by atoms with Crippen molar-refractivity contribution < 1.29 is 27.8 Å². The summed E-state index contributed by atoms with van der Waals surface area (Å²) in [4.78, 5) is 11.5. The fourth-order valence-electron chi connectivity index (χ4n) is 6.09. The monoisotopic (exact) mass is 489 g/mol. The van der Waals surface area contributed by atoms with Gasteiger partial charge in [-0.05, 0) is 84.7 Å². The minimum absolute atomic E-state index is 0.0570. The Morgan fingerprint density at radius 3 is 2.34 bits per heavy atom. The Balaban J connectivity index is 1.42. The standard InChI is InChI=1S/C28H34F3NO3/c1-16-4-8-19(9-5-16)35-22-11-6-17-14-18(7-10-20(17)24(22)28(29,30)31)27(12-13-27)32-23-15-21(25(33)34)26(23,2)3/h6-7,10-11,14,16,19,21,23,32H,4-5,8-9,12-13,15H2,1-3H3,(H,33,34). The number of ether oxygens (including phenoxy) is 1. The van der Waals surface area contributed by atoms with Crippen molar-refractivity contribution in [2.24, 2.45) is 17.3 Å². The summed E-state index contributed by atoms with van der Waals surface area (Å²) < 4.78 is 48.6. The summed E-state index contributed by atoms with van der Waals surface area (Å²) in [5.74, 6) is -0.639. The van der Waals surface area contributed by atoms with Gasteiger partial charge in [-0.15, -0.1) is 0 Å². The van der Waals surface area contributed by atoms with Crippen LogP contribution in [0.4, 0.5) is 13.2 Å².